The third-order valence-electron chi connectivity index (χ3n) is 4.53. The monoisotopic (exact) mass is 284 g/mol. The topological polar surface area (TPSA) is 33.3 Å². The Balaban J connectivity index is 1.98. The summed E-state index contributed by atoms with van der Waals surface area (Å²) >= 11 is 0. The van der Waals surface area contributed by atoms with Crippen LogP contribution in [0.1, 0.15) is 31.4 Å². The lowest BCUT2D eigenvalue weighted by Gasteiger charge is -2.35. The highest BCUT2D eigenvalue weighted by Crippen LogP contribution is 2.37. The molecule has 1 aliphatic heterocycles. The second-order valence-electron chi connectivity index (χ2n) is 6.09. The zero-order valence-electron chi connectivity index (χ0n) is 12.9. The molecule has 0 bridgehead atoms. The van der Waals surface area contributed by atoms with Crippen molar-refractivity contribution in [3.63, 3.8) is 0 Å². The molecule has 2 atom stereocenters. The molecule has 1 aliphatic carbocycles. The van der Waals surface area contributed by atoms with Gasteiger partial charge in [-0.1, -0.05) is 48.1 Å². The standard InChI is InChI=1S/C18H24N2O/c1-18(19-2)10-8-16-15(12-18)9-11-20-13-21-17(16)14-6-4-3-5-7-14/h3-8,10,17,19-20H,9,11-13H2,1-2H3. The van der Waals surface area contributed by atoms with Gasteiger partial charge in [-0.25, -0.2) is 0 Å². The lowest BCUT2D eigenvalue weighted by molar-refractivity contribution is 0.0606. The van der Waals surface area contributed by atoms with Gasteiger partial charge in [0.25, 0.3) is 0 Å². The smallest absolute Gasteiger partial charge is 0.109 e. The van der Waals surface area contributed by atoms with Crippen LogP contribution >= 0.6 is 0 Å². The van der Waals surface area contributed by atoms with Gasteiger partial charge in [0.2, 0.25) is 0 Å². The molecule has 0 aromatic heterocycles. The van der Waals surface area contributed by atoms with Crippen LogP contribution in [-0.4, -0.2) is 25.9 Å². The molecule has 1 aromatic rings. The lowest BCUT2D eigenvalue weighted by atomic mass is 9.80. The normalized spacial score (nSPS) is 29.7. The summed E-state index contributed by atoms with van der Waals surface area (Å²) in [7, 11) is 2.03. The molecule has 2 unspecified atom stereocenters. The molecule has 1 aromatic carbocycles. The first-order valence-electron chi connectivity index (χ1n) is 7.69. The number of ether oxygens (including phenoxy) is 1. The van der Waals surface area contributed by atoms with Gasteiger partial charge in [-0.05, 0) is 37.9 Å². The van der Waals surface area contributed by atoms with Crippen molar-refractivity contribution in [2.45, 2.75) is 31.4 Å². The van der Waals surface area contributed by atoms with Crippen LogP contribution in [-0.2, 0) is 4.74 Å². The van der Waals surface area contributed by atoms with Crippen molar-refractivity contribution in [1.82, 2.24) is 10.6 Å². The van der Waals surface area contributed by atoms with Gasteiger partial charge in [0.15, 0.2) is 0 Å². The summed E-state index contributed by atoms with van der Waals surface area (Å²) in [6.07, 6.45) is 6.71. The van der Waals surface area contributed by atoms with Gasteiger partial charge < -0.3 is 10.1 Å². The summed E-state index contributed by atoms with van der Waals surface area (Å²) in [5.74, 6) is 0. The molecule has 3 heteroatoms. The summed E-state index contributed by atoms with van der Waals surface area (Å²) < 4.78 is 6.10. The Morgan fingerprint density at radius 1 is 1.29 bits per heavy atom. The van der Waals surface area contributed by atoms with Crippen LogP contribution in [0.2, 0.25) is 0 Å². The molecule has 0 saturated heterocycles. The first-order chi connectivity index (χ1) is 10.2. The van der Waals surface area contributed by atoms with Gasteiger partial charge in [-0.2, -0.15) is 0 Å². The Bertz CT molecular complexity index is 550. The molecule has 2 N–H and O–H groups in total. The Morgan fingerprint density at radius 2 is 2.10 bits per heavy atom. The number of hydrogen-bond donors (Lipinski definition) is 2. The van der Waals surface area contributed by atoms with Crippen molar-refractivity contribution in [2.24, 2.45) is 0 Å². The maximum Gasteiger partial charge on any atom is 0.109 e. The van der Waals surface area contributed by atoms with E-state index in [1.165, 1.54) is 16.7 Å². The van der Waals surface area contributed by atoms with Gasteiger partial charge in [0, 0.05) is 12.1 Å². The van der Waals surface area contributed by atoms with E-state index in [1.54, 1.807) is 0 Å². The Kier molecular flexibility index (Phi) is 4.24. The van der Waals surface area contributed by atoms with E-state index >= 15 is 0 Å². The highest BCUT2D eigenvalue weighted by molar-refractivity contribution is 5.42. The van der Waals surface area contributed by atoms with Crippen LogP contribution < -0.4 is 10.6 Å². The summed E-state index contributed by atoms with van der Waals surface area (Å²) in [6.45, 7) is 3.83. The molecule has 0 spiro atoms. The van der Waals surface area contributed by atoms with Crippen LogP contribution in [0.5, 0.6) is 0 Å². The molecule has 0 saturated carbocycles. The van der Waals surface area contributed by atoms with Crippen molar-refractivity contribution in [1.29, 1.82) is 0 Å². The Hall–Kier alpha value is -1.42. The molecule has 2 aliphatic rings. The van der Waals surface area contributed by atoms with Crippen molar-refractivity contribution >= 4 is 0 Å². The number of likely N-dealkylation sites (N-methyl/N-ethyl adjacent to an activating group) is 1. The lowest BCUT2D eigenvalue weighted by Crippen LogP contribution is -2.40. The van der Waals surface area contributed by atoms with Crippen LogP contribution in [0.3, 0.4) is 0 Å². The largest absolute Gasteiger partial charge is 0.354 e. The van der Waals surface area contributed by atoms with Gasteiger partial charge in [-0.3, -0.25) is 5.32 Å². The average molecular weight is 284 g/mol. The minimum absolute atomic E-state index is 0.0339. The molecule has 0 amide bonds. The quantitative estimate of drug-likeness (QED) is 0.876. The fraction of sp³-hybridized carbons (Fsp3) is 0.444. The molecular weight excluding hydrogens is 260 g/mol. The molecule has 3 rings (SSSR count). The predicted octanol–water partition coefficient (Wildman–Crippen LogP) is 2.93. The number of hydrogen-bond acceptors (Lipinski definition) is 3. The van der Waals surface area contributed by atoms with Gasteiger partial charge in [0.1, 0.15) is 6.10 Å². The molecular formula is C18H24N2O. The van der Waals surface area contributed by atoms with E-state index in [0.717, 1.165) is 19.4 Å². The van der Waals surface area contributed by atoms with E-state index in [0.29, 0.717) is 6.73 Å². The van der Waals surface area contributed by atoms with E-state index in [-0.39, 0.29) is 11.6 Å². The minimum atomic E-state index is 0.0339. The van der Waals surface area contributed by atoms with Crippen molar-refractivity contribution < 1.29 is 4.74 Å². The molecule has 0 fully saturated rings. The maximum atomic E-state index is 6.10. The summed E-state index contributed by atoms with van der Waals surface area (Å²) in [6, 6.07) is 10.5. The fourth-order valence-corrected chi connectivity index (χ4v) is 3.12. The van der Waals surface area contributed by atoms with E-state index in [4.69, 9.17) is 4.74 Å². The molecule has 0 radical (unpaired) electrons. The molecule has 3 nitrogen and oxygen atoms in total. The summed E-state index contributed by atoms with van der Waals surface area (Å²) in [4.78, 5) is 0. The number of nitrogens with one attached hydrogen (secondary N) is 2. The number of benzene rings is 1. The Labute approximate surface area is 127 Å². The van der Waals surface area contributed by atoms with E-state index in [9.17, 15) is 0 Å². The first-order valence-corrected chi connectivity index (χ1v) is 7.69. The van der Waals surface area contributed by atoms with Crippen LogP contribution in [0.4, 0.5) is 0 Å². The second-order valence-corrected chi connectivity index (χ2v) is 6.09. The molecule has 21 heavy (non-hydrogen) atoms. The van der Waals surface area contributed by atoms with Gasteiger partial charge >= 0.3 is 0 Å². The number of rotatable bonds is 2. The average Bonchev–Trinajstić information content (AvgIpc) is 2.50. The van der Waals surface area contributed by atoms with E-state index < -0.39 is 0 Å². The second kappa shape index (κ2) is 6.14. The predicted molar refractivity (Wildman–Crippen MR) is 86.0 cm³/mol. The maximum absolute atomic E-state index is 6.10. The molecule has 112 valence electrons. The van der Waals surface area contributed by atoms with Crippen molar-refractivity contribution in [2.75, 3.05) is 20.3 Å². The SMILES string of the molecule is CNC1(C)C=CC2=C(CCNCOC2c2ccccc2)C1. The van der Waals surface area contributed by atoms with Crippen LogP contribution in [0.25, 0.3) is 0 Å². The summed E-state index contributed by atoms with van der Waals surface area (Å²) in [5, 5.41) is 6.79. The van der Waals surface area contributed by atoms with E-state index in [2.05, 4.69) is 60.0 Å². The van der Waals surface area contributed by atoms with Crippen molar-refractivity contribution in [3.05, 3.63) is 59.2 Å². The highest BCUT2D eigenvalue weighted by atomic mass is 16.5. The summed E-state index contributed by atoms with van der Waals surface area (Å²) in [5.41, 5.74) is 4.12. The molecule has 1 heterocycles. The van der Waals surface area contributed by atoms with Gasteiger partial charge in [-0.15, -0.1) is 0 Å². The van der Waals surface area contributed by atoms with Crippen molar-refractivity contribution in [3.8, 4) is 0 Å². The minimum Gasteiger partial charge on any atom is -0.354 e. The van der Waals surface area contributed by atoms with Crippen LogP contribution in [0, 0.1) is 0 Å². The Morgan fingerprint density at radius 3 is 2.86 bits per heavy atom. The third-order valence-corrected chi connectivity index (χ3v) is 4.53. The zero-order valence-corrected chi connectivity index (χ0v) is 12.9. The third kappa shape index (κ3) is 3.10. The first kappa shape index (κ1) is 14.5. The highest BCUT2D eigenvalue weighted by Gasteiger charge is 2.29. The fourth-order valence-electron chi connectivity index (χ4n) is 3.12. The van der Waals surface area contributed by atoms with E-state index in [1.807, 2.05) is 7.05 Å². The zero-order chi connectivity index (χ0) is 14.7. The van der Waals surface area contributed by atoms with Crippen LogP contribution in [0.15, 0.2) is 53.6 Å². The van der Waals surface area contributed by atoms with Gasteiger partial charge in [0.05, 0.1) is 6.73 Å².